The zero-order chi connectivity index (χ0) is 59.9. The van der Waals surface area contributed by atoms with Crippen molar-refractivity contribution in [2.75, 3.05) is 13.2 Å². The van der Waals surface area contributed by atoms with Crippen LogP contribution in [0.4, 0.5) is 0 Å². The highest BCUT2D eigenvalue weighted by molar-refractivity contribution is 5.71. The molecule has 0 aromatic carbocycles. The molecule has 0 aromatic heterocycles. The van der Waals surface area contributed by atoms with Gasteiger partial charge in [-0.3, -0.25) is 14.4 Å². The van der Waals surface area contributed by atoms with Gasteiger partial charge in [-0.25, -0.2) is 0 Å². The number of carbonyl (C=O) groups excluding carboxylic acids is 3. The van der Waals surface area contributed by atoms with Crippen LogP contribution in [0.15, 0.2) is 97.2 Å². The van der Waals surface area contributed by atoms with Gasteiger partial charge in [-0.2, -0.15) is 0 Å². The second-order valence-corrected chi connectivity index (χ2v) is 23.7. The number of esters is 3. The van der Waals surface area contributed by atoms with Gasteiger partial charge < -0.3 is 14.2 Å². The monoisotopic (exact) mass is 1160 g/mol. The Morgan fingerprint density at radius 3 is 0.735 bits per heavy atom. The Balaban J connectivity index is 4.21. The minimum Gasteiger partial charge on any atom is -0.462 e. The van der Waals surface area contributed by atoms with E-state index in [9.17, 15) is 14.4 Å². The highest BCUT2D eigenvalue weighted by atomic mass is 16.6. The Kier molecular flexibility index (Phi) is 67.7. The van der Waals surface area contributed by atoms with Gasteiger partial charge in [0.05, 0.1) is 0 Å². The number of unbranched alkanes of at least 4 members (excludes halogenated alkanes) is 38. The number of hydrogen-bond donors (Lipinski definition) is 0. The van der Waals surface area contributed by atoms with Gasteiger partial charge in [0.1, 0.15) is 13.2 Å². The summed E-state index contributed by atoms with van der Waals surface area (Å²) in [5.74, 6) is -0.864. The first kappa shape index (κ1) is 79.3. The summed E-state index contributed by atoms with van der Waals surface area (Å²) >= 11 is 0. The molecule has 0 fully saturated rings. The fourth-order valence-electron chi connectivity index (χ4n) is 10.3. The van der Waals surface area contributed by atoms with Gasteiger partial charge in [0.25, 0.3) is 0 Å². The van der Waals surface area contributed by atoms with Gasteiger partial charge in [-0.15, -0.1) is 0 Å². The molecule has 0 aliphatic heterocycles. The van der Waals surface area contributed by atoms with Crippen molar-refractivity contribution in [2.45, 2.75) is 361 Å². The molecule has 0 aliphatic rings. The van der Waals surface area contributed by atoms with E-state index in [1.807, 2.05) is 0 Å². The van der Waals surface area contributed by atoms with Crippen LogP contribution in [-0.4, -0.2) is 37.2 Å². The molecule has 0 bridgehead atoms. The van der Waals surface area contributed by atoms with Crippen molar-refractivity contribution < 1.29 is 28.6 Å². The van der Waals surface area contributed by atoms with Crippen LogP contribution in [0.25, 0.3) is 0 Å². The molecule has 0 radical (unpaired) electrons. The highest BCUT2D eigenvalue weighted by Gasteiger charge is 2.19. The molecule has 0 amide bonds. The lowest BCUT2D eigenvalue weighted by Gasteiger charge is -2.18. The quantitative estimate of drug-likeness (QED) is 0.0261. The Morgan fingerprint density at radius 2 is 0.470 bits per heavy atom. The van der Waals surface area contributed by atoms with Crippen LogP contribution in [0.3, 0.4) is 0 Å². The van der Waals surface area contributed by atoms with Gasteiger partial charge in [-0.05, 0) is 96.3 Å². The van der Waals surface area contributed by atoms with Gasteiger partial charge in [0.15, 0.2) is 6.10 Å². The maximum absolute atomic E-state index is 12.9. The molecule has 0 N–H and O–H groups in total. The molecule has 0 saturated carbocycles. The van der Waals surface area contributed by atoms with Crippen LogP contribution in [0.1, 0.15) is 355 Å². The first-order valence-electron chi connectivity index (χ1n) is 35.7. The molecular formula is C77H134O6. The topological polar surface area (TPSA) is 78.9 Å². The van der Waals surface area contributed by atoms with Crippen molar-refractivity contribution in [1.29, 1.82) is 0 Å². The van der Waals surface area contributed by atoms with Crippen LogP contribution in [0, 0.1) is 0 Å². The molecule has 0 aromatic rings. The lowest BCUT2D eigenvalue weighted by molar-refractivity contribution is -0.167. The van der Waals surface area contributed by atoms with Crippen molar-refractivity contribution in [1.82, 2.24) is 0 Å². The lowest BCUT2D eigenvalue weighted by atomic mass is 10.0. The molecule has 0 spiro atoms. The van der Waals surface area contributed by atoms with Crippen LogP contribution in [0.5, 0.6) is 0 Å². The van der Waals surface area contributed by atoms with E-state index >= 15 is 0 Å². The summed E-state index contributed by atoms with van der Waals surface area (Å²) in [5, 5.41) is 0. The first-order chi connectivity index (χ1) is 41.0. The van der Waals surface area contributed by atoms with E-state index in [1.54, 1.807) is 0 Å². The smallest absolute Gasteiger partial charge is 0.306 e. The van der Waals surface area contributed by atoms with Crippen molar-refractivity contribution in [3.8, 4) is 0 Å². The summed E-state index contributed by atoms with van der Waals surface area (Å²) in [5.41, 5.74) is 0. The number of ether oxygens (including phenoxy) is 3. The molecule has 0 rings (SSSR count). The number of rotatable bonds is 65. The summed E-state index contributed by atoms with van der Waals surface area (Å²) in [7, 11) is 0. The Bertz CT molecular complexity index is 1610. The van der Waals surface area contributed by atoms with Gasteiger partial charge in [-0.1, -0.05) is 336 Å². The average molecular weight is 1160 g/mol. The third-order valence-electron chi connectivity index (χ3n) is 15.6. The van der Waals surface area contributed by atoms with E-state index in [4.69, 9.17) is 14.2 Å². The number of hydrogen-bond acceptors (Lipinski definition) is 6. The van der Waals surface area contributed by atoms with Crippen molar-refractivity contribution in [3.63, 3.8) is 0 Å². The molecule has 1 atom stereocenters. The zero-order valence-corrected chi connectivity index (χ0v) is 54.9. The summed E-state index contributed by atoms with van der Waals surface area (Å²) in [6.45, 7) is 6.45. The molecule has 6 heteroatoms. The van der Waals surface area contributed by atoms with E-state index in [0.717, 1.165) is 116 Å². The maximum Gasteiger partial charge on any atom is 0.306 e. The van der Waals surface area contributed by atoms with E-state index in [1.165, 1.54) is 199 Å². The molecule has 478 valence electrons. The van der Waals surface area contributed by atoms with Crippen LogP contribution in [0.2, 0.25) is 0 Å². The highest BCUT2D eigenvalue weighted by Crippen LogP contribution is 2.18. The summed E-state index contributed by atoms with van der Waals surface area (Å²) in [6.07, 6.45) is 95.8. The van der Waals surface area contributed by atoms with Crippen molar-refractivity contribution >= 4 is 17.9 Å². The number of carbonyl (C=O) groups is 3. The van der Waals surface area contributed by atoms with Crippen LogP contribution >= 0.6 is 0 Å². The van der Waals surface area contributed by atoms with Crippen molar-refractivity contribution in [3.05, 3.63) is 97.2 Å². The zero-order valence-electron chi connectivity index (χ0n) is 54.9. The third kappa shape index (κ3) is 69.0. The second kappa shape index (κ2) is 70.8. The van der Waals surface area contributed by atoms with E-state index in [-0.39, 0.29) is 31.1 Å². The number of allylic oxidation sites excluding steroid dienone is 16. The average Bonchev–Trinajstić information content (AvgIpc) is 3.49. The van der Waals surface area contributed by atoms with Crippen molar-refractivity contribution in [2.24, 2.45) is 0 Å². The predicted octanol–water partition coefficient (Wildman–Crippen LogP) is 24.8. The lowest BCUT2D eigenvalue weighted by Crippen LogP contribution is -2.30. The minimum absolute atomic E-state index is 0.0755. The Labute approximate surface area is 515 Å². The normalized spacial score (nSPS) is 12.7. The van der Waals surface area contributed by atoms with Crippen LogP contribution in [-0.2, 0) is 28.6 Å². The van der Waals surface area contributed by atoms with E-state index in [2.05, 4.69) is 118 Å². The molecule has 0 heterocycles. The van der Waals surface area contributed by atoms with E-state index in [0.29, 0.717) is 19.3 Å². The minimum atomic E-state index is -0.781. The molecule has 0 saturated heterocycles. The Hall–Kier alpha value is -3.67. The standard InChI is InChI=1S/C77H134O6/c1-4-7-10-13-16-19-22-25-27-29-31-33-34-35-36-37-38-39-40-41-42-44-45-47-49-52-55-58-61-64-67-70-76(79)82-73-74(72-81-75(78)69-66-63-60-57-54-51-24-21-18-15-12-9-6-3)83-77(80)71-68-65-62-59-56-53-50-48-46-43-32-30-28-26-23-20-17-14-11-8-5-2/h7-8,10-11,16-17,19-20,25-28,31-33,43,74H,4-6,9,12-15,18,21-24,29-30,34-42,44-73H2,1-3H3/b10-7-,11-8-,19-16-,20-17-,27-25-,28-26-,33-31-,43-32-. The predicted molar refractivity (Wildman–Crippen MR) is 362 cm³/mol. The SMILES string of the molecule is CC/C=C\C/C=C\C/C=C\C/C=C\CCCCCCCCCCCCCCCCCCCCC(=O)OCC(COC(=O)CCCCCCCCCCCCCCC)OC(=O)CCCCCCCCCC/C=C\C/C=C\C/C=C\C/C=C\CC. The molecular weight excluding hydrogens is 1020 g/mol. The van der Waals surface area contributed by atoms with Crippen LogP contribution < -0.4 is 0 Å². The second-order valence-electron chi connectivity index (χ2n) is 23.7. The largest absolute Gasteiger partial charge is 0.462 e. The molecule has 0 aliphatic carbocycles. The van der Waals surface area contributed by atoms with E-state index < -0.39 is 6.10 Å². The van der Waals surface area contributed by atoms with Gasteiger partial charge >= 0.3 is 17.9 Å². The maximum atomic E-state index is 12.9. The molecule has 6 nitrogen and oxygen atoms in total. The summed E-state index contributed by atoms with van der Waals surface area (Å²) in [4.78, 5) is 38.4. The fraction of sp³-hybridized carbons (Fsp3) is 0.753. The van der Waals surface area contributed by atoms with Gasteiger partial charge in [0.2, 0.25) is 0 Å². The summed E-state index contributed by atoms with van der Waals surface area (Å²) in [6, 6.07) is 0. The fourth-order valence-corrected chi connectivity index (χ4v) is 10.3. The third-order valence-corrected chi connectivity index (χ3v) is 15.6. The summed E-state index contributed by atoms with van der Waals surface area (Å²) < 4.78 is 17.0. The molecule has 1 unspecified atom stereocenters. The van der Waals surface area contributed by atoms with Gasteiger partial charge in [0, 0.05) is 19.3 Å². The molecule has 83 heavy (non-hydrogen) atoms. The Morgan fingerprint density at radius 1 is 0.253 bits per heavy atom. The first-order valence-corrected chi connectivity index (χ1v) is 35.7.